The molecule has 1 saturated carbocycles. The van der Waals surface area contributed by atoms with Gasteiger partial charge in [-0.1, -0.05) is 65.2 Å². The molecule has 0 radical (unpaired) electrons. The van der Waals surface area contributed by atoms with Crippen molar-refractivity contribution in [2.75, 3.05) is 13.1 Å². The summed E-state index contributed by atoms with van der Waals surface area (Å²) in [5, 5.41) is 0. The van der Waals surface area contributed by atoms with Gasteiger partial charge in [-0.25, -0.2) is 0 Å². The average molecular weight is 295 g/mol. The van der Waals surface area contributed by atoms with E-state index in [4.69, 9.17) is 5.73 Å². The zero-order valence-corrected chi connectivity index (χ0v) is 14.6. The molecule has 1 aliphatic heterocycles. The van der Waals surface area contributed by atoms with Gasteiger partial charge in [0.1, 0.15) is 0 Å². The molecule has 21 heavy (non-hydrogen) atoms. The number of nitrogens with two attached hydrogens (primary N) is 1. The van der Waals surface area contributed by atoms with Gasteiger partial charge in [-0.05, 0) is 44.2 Å². The first-order valence-electron chi connectivity index (χ1n) is 9.58. The van der Waals surface area contributed by atoms with E-state index >= 15 is 0 Å². The molecule has 124 valence electrons. The molecule has 0 aromatic carbocycles. The fourth-order valence-electron chi connectivity index (χ4n) is 4.11. The quantitative estimate of drug-likeness (QED) is 0.758. The fraction of sp³-hybridized carbons (Fsp3) is 1.00. The van der Waals surface area contributed by atoms with E-state index in [9.17, 15) is 0 Å². The largest absolute Gasteiger partial charge is 0.326 e. The number of hydrogen-bond acceptors (Lipinski definition) is 2. The Morgan fingerprint density at radius 2 is 1.24 bits per heavy atom. The maximum absolute atomic E-state index is 6.62. The highest BCUT2D eigenvalue weighted by molar-refractivity contribution is 4.87. The van der Waals surface area contributed by atoms with Gasteiger partial charge >= 0.3 is 0 Å². The van der Waals surface area contributed by atoms with Crippen LogP contribution in [0.2, 0.25) is 0 Å². The number of piperidine rings is 1. The lowest BCUT2D eigenvalue weighted by atomic mass is 9.81. The average Bonchev–Trinajstić information content (AvgIpc) is 2.44. The molecule has 0 aromatic rings. The first-order chi connectivity index (χ1) is 10.1. The van der Waals surface area contributed by atoms with E-state index in [2.05, 4.69) is 18.7 Å². The maximum atomic E-state index is 6.62. The molecule has 1 heterocycles. The minimum absolute atomic E-state index is 0.408. The third-order valence-corrected chi connectivity index (χ3v) is 5.90. The normalized spacial score (nSPS) is 33.9. The molecule has 0 spiro atoms. The lowest BCUT2D eigenvalue weighted by molar-refractivity contribution is 0.0743. The van der Waals surface area contributed by atoms with Crippen LogP contribution in [0.1, 0.15) is 90.9 Å². The van der Waals surface area contributed by atoms with E-state index in [0.717, 1.165) is 0 Å². The highest BCUT2D eigenvalue weighted by Gasteiger charge is 2.31. The molecule has 2 rings (SSSR count). The minimum Gasteiger partial charge on any atom is -0.326 e. The Labute approximate surface area is 132 Å². The summed E-state index contributed by atoms with van der Waals surface area (Å²) in [4.78, 5) is 2.74. The van der Waals surface area contributed by atoms with Crippen LogP contribution < -0.4 is 5.73 Å². The van der Waals surface area contributed by atoms with Crippen LogP contribution in [0.4, 0.5) is 0 Å². The molecule has 1 aliphatic carbocycles. The molecular formula is C19H38N2. The summed E-state index contributed by atoms with van der Waals surface area (Å²) in [6, 6.07) is 1.06. The molecular weight excluding hydrogens is 256 g/mol. The lowest BCUT2D eigenvalue weighted by Gasteiger charge is -2.43. The van der Waals surface area contributed by atoms with Gasteiger partial charge < -0.3 is 5.73 Å². The van der Waals surface area contributed by atoms with Crippen LogP contribution in [0.15, 0.2) is 0 Å². The van der Waals surface area contributed by atoms with Crippen molar-refractivity contribution in [2.24, 2.45) is 11.1 Å². The number of nitrogens with zero attached hydrogens (tertiary/aromatic N) is 1. The highest BCUT2D eigenvalue weighted by atomic mass is 15.2. The highest BCUT2D eigenvalue weighted by Crippen LogP contribution is 2.32. The predicted octanol–water partition coefficient (Wildman–Crippen LogP) is 4.72. The van der Waals surface area contributed by atoms with Crippen molar-refractivity contribution in [3.8, 4) is 0 Å². The minimum atomic E-state index is 0.408. The van der Waals surface area contributed by atoms with E-state index in [-0.39, 0.29) is 0 Å². The van der Waals surface area contributed by atoms with Crippen molar-refractivity contribution >= 4 is 0 Å². The first-order valence-corrected chi connectivity index (χ1v) is 9.58. The molecule has 2 unspecified atom stereocenters. The van der Waals surface area contributed by atoms with E-state index in [0.29, 0.717) is 17.5 Å². The van der Waals surface area contributed by atoms with Crippen LogP contribution in [0.5, 0.6) is 0 Å². The Hall–Kier alpha value is -0.0800. The summed E-state index contributed by atoms with van der Waals surface area (Å²) in [5.41, 5.74) is 7.16. The van der Waals surface area contributed by atoms with E-state index in [1.807, 2.05) is 0 Å². The zero-order valence-electron chi connectivity index (χ0n) is 14.6. The number of rotatable bonds is 1. The van der Waals surface area contributed by atoms with E-state index < -0.39 is 0 Å². The van der Waals surface area contributed by atoms with Crippen molar-refractivity contribution < 1.29 is 0 Å². The van der Waals surface area contributed by atoms with Gasteiger partial charge in [-0.3, -0.25) is 4.90 Å². The maximum Gasteiger partial charge on any atom is 0.0247 e. The second-order valence-corrected chi connectivity index (χ2v) is 8.34. The van der Waals surface area contributed by atoms with Gasteiger partial charge in [0, 0.05) is 12.1 Å². The van der Waals surface area contributed by atoms with Gasteiger partial charge in [-0.2, -0.15) is 0 Å². The smallest absolute Gasteiger partial charge is 0.0247 e. The zero-order chi connectivity index (χ0) is 15.1. The Kier molecular flexibility index (Phi) is 7.01. The standard InChI is InChI=1S/C19H38N2/c1-19(2)13-15-21(16-14-19)18-12-10-8-6-4-3-5-7-9-11-17(18)20/h17-18H,3-16,20H2,1-2H3. The van der Waals surface area contributed by atoms with E-state index in [1.165, 1.54) is 90.1 Å². The van der Waals surface area contributed by atoms with Crippen molar-refractivity contribution in [2.45, 2.75) is 103 Å². The van der Waals surface area contributed by atoms with Crippen molar-refractivity contribution in [1.29, 1.82) is 0 Å². The lowest BCUT2D eigenvalue weighted by Crippen LogP contribution is -2.51. The molecule has 0 aromatic heterocycles. The molecule has 2 atom stereocenters. The van der Waals surface area contributed by atoms with Gasteiger partial charge in [0.2, 0.25) is 0 Å². The molecule has 2 N–H and O–H groups in total. The van der Waals surface area contributed by atoms with Gasteiger partial charge in [0.15, 0.2) is 0 Å². The second-order valence-electron chi connectivity index (χ2n) is 8.34. The Morgan fingerprint density at radius 1 is 0.762 bits per heavy atom. The Balaban J connectivity index is 1.89. The molecule has 2 aliphatic rings. The summed E-state index contributed by atoms with van der Waals surface area (Å²) in [7, 11) is 0. The molecule has 2 fully saturated rings. The molecule has 2 nitrogen and oxygen atoms in total. The fourth-order valence-corrected chi connectivity index (χ4v) is 4.11. The molecule has 2 heteroatoms. The van der Waals surface area contributed by atoms with Crippen LogP contribution in [-0.2, 0) is 0 Å². The summed E-state index contributed by atoms with van der Waals surface area (Å²) in [6.45, 7) is 7.38. The van der Waals surface area contributed by atoms with Crippen molar-refractivity contribution in [3.05, 3.63) is 0 Å². The number of hydrogen-bond donors (Lipinski definition) is 1. The third-order valence-electron chi connectivity index (χ3n) is 5.90. The molecule has 1 saturated heterocycles. The summed E-state index contributed by atoms with van der Waals surface area (Å²) in [5.74, 6) is 0. The van der Waals surface area contributed by atoms with Gasteiger partial charge in [0.25, 0.3) is 0 Å². The number of likely N-dealkylation sites (tertiary alicyclic amines) is 1. The van der Waals surface area contributed by atoms with Crippen LogP contribution in [0, 0.1) is 5.41 Å². The van der Waals surface area contributed by atoms with Crippen molar-refractivity contribution in [3.63, 3.8) is 0 Å². The Bertz CT molecular complexity index is 277. The SMILES string of the molecule is CC1(C)CCN(C2CCCCCCCCCCC2N)CC1. The monoisotopic (exact) mass is 294 g/mol. The topological polar surface area (TPSA) is 29.3 Å². The van der Waals surface area contributed by atoms with Crippen LogP contribution in [0.3, 0.4) is 0 Å². The summed E-state index contributed by atoms with van der Waals surface area (Å²) >= 11 is 0. The predicted molar refractivity (Wildman–Crippen MR) is 92.5 cm³/mol. The summed E-state index contributed by atoms with van der Waals surface area (Å²) in [6.07, 6.45) is 16.6. The van der Waals surface area contributed by atoms with Crippen LogP contribution in [0.25, 0.3) is 0 Å². The van der Waals surface area contributed by atoms with Gasteiger partial charge in [0.05, 0.1) is 0 Å². The van der Waals surface area contributed by atoms with Crippen LogP contribution in [-0.4, -0.2) is 30.1 Å². The van der Waals surface area contributed by atoms with Gasteiger partial charge in [-0.15, -0.1) is 0 Å². The van der Waals surface area contributed by atoms with Crippen molar-refractivity contribution in [1.82, 2.24) is 4.90 Å². The molecule has 0 amide bonds. The first kappa shape index (κ1) is 17.3. The van der Waals surface area contributed by atoms with E-state index in [1.54, 1.807) is 0 Å². The Morgan fingerprint density at radius 3 is 1.81 bits per heavy atom. The summed E-state index contributed by atoms with van der Waals surface area (Å²) < 4.78 is 0. The second kappa shape index (κ2) is 8.53. The molecule has 0 bridgehead atoms. The third kappa shape index (κ3) is 5.90. The van der Waals surface area contributed by atoms with Crippen LogP contribution >= 0.6 is 0 Å².